The Labute approximate surface area is 133 Å². The zero-order chi connectivity index (χ0) is 16.9. The number of alkyl carbamates (subject to hydrolysis) is 1. The first-order valence-corrected chi connectivity index (χ1v) is 7.93. The highest BCUT2D eigenvalue weighted by Gasteiger charge is 2.39. The van der Waals surface area contributed by atoms with Gasteiger partial charge in [-0.1, -0.05) is 20.8 Å². The normalized spacial score (nSPS) is 20.1. The average molecular weight is 314 g/mol. The summed E-state index contributed by atoms with van der Waals surface area (Å²) < 4.78 is 10.3. The lowest BCUT2D eigenvalue weighted by Crippen LogP contribution is -2.56. The molecular formula is C16H30N2O4. The molecule has 128 valence electrons. The summed E-state index contributed by atoms with van der Waals surface area (Å²) >= 11 is 0. The van der Waals surface area contributed by atoms with Crippen molar-refractivity contribution in [1.82, 2.24) is 10.2 Å². The summed E-state index contributed by atoms with van der Waals surface area (Å²) in [5.74, 6) is -0.0623. The zero-order valence-corrected chi connectivity index (χ0v) is 14.6. The number of hydrogen-bond donors (Lipinski definition) is 1. The van der Waals surface area contributed by atoms with E-state index in [1.807, 2.05) is 25.7 Å². The van der Waals surface area contributed by atoms with Gasteiger partial charge >= 0.3 is 6.09 Å². The first-order valence-electron chi connectivity index (χ1n) is 7.93. The Hall–Kier alpha value is -1.30. The van der Waals surface area contributed by atoms with Crippen LogP contribution < -0.4 is 5.32 Å². The summed E-state index contributed by atoms with van der Waals surface area (Å²) in [5.41, 5.74) is -0.396. The molecule has 1 aliphatic rings. The summed E-state index contributed by atoms with van der Waals surface area (Å²) in [7, 11) is 1.64. The molecule has 0 saturated carbocycles. The fourth-order valence-corrected chi connectivity index (χ4v) is 2.67. The van der Waals surface area contributed by atoms with Crippen LogP contribution >= 0.6 is 0 Å². The Morgan fingerprint density at radius 1 is 1.32 bits per heavy atom. The molecule has 1 rings (SSSR count). The lowest BCUT2D eigenvalue weighted by atomic mass is 9.85. The minimum atomic E-state index is -0.615. The van der Waals surface area contributed by atoms with Gasteiger partial charge in [0.2, 0.25) is 5.91 Å². The zero-order valence-electron chi connectivity index (χ0n) is 14.6. The molecule has 0 aromatic carbocycles. The summed E-state index contributed by atoms with van der Waals surface area (Å²) in [6, 6.07) is -0.526. The van der Waals surface area contributed by atoms with E-state index in [2.05, 4.69) is 5.32 Å². The Balaban J connectivity index is 2.83. The van der Waals surface area contributed by atoms with Crippen molar-refractivity contribution in [1.29, 1.82) is 0 Å². The predicted molar refractivity (Wildman–Crippen MR) is 84.6 cm³/mol. The highest BCUT2D eigenvalue weighted by molar-refractivity contribution is 5.87. The average Bonchev–Trinajstić information content (AvgIpc) is 2.81. The van der Waals surface area contributed by atoms with Gasteiger partial charge in [0.25, 0.3) is 0 Å². The molecule has 2 amide bonds. The largest absolute Gasteiger partial charge is 0.447 e. The van der Waals surface area contributed by atoms with E-state index in [1.54, 1.807) is 21.0 Å². The summed E-state index contributed by atoms with van der Waals surface area (Å²) in [4.78, 5) is 26.6. The molecule has 1 heterocycles. The van der Waals surface area contributed by atoms with Gasteiger partial charge in [-0.3, -0.25) is 4.79 Å². The fourth-order valence-electron chi connectivity index (χ4n) is 2.67. The number of carbonyl (C=O) groups excluding carboxylic acids is 2. The van der Waals surface area contributed by atoms with Gasteiger partial charge in [0, 0.05) is 13.7 Å². The van der Waals surface area contributed by atoms with Crippen LogP contribution in [0.1, 0.15) is 47.5 Å². The maximum Gasteiger partial charge on any atom is 0.408 e. The molecule has 1 saturated heterocycles. The molecule has 22 heavy (non-hydrogen) atoms. The quantitative estimate of drug-likeness (QED) is 0.844. The van der Waals surface area contributed by atoms with E-state index in [0.29, 0.717) is 13.2 Å². The molecule has 2 atom stereocenters. The van der Waals surface area contributed by atoms with E-state index in [1.165, 1.54) is 0 Å². The monoisotopic (exact) mass is 314 g/mol. The molecule has 1 N–H and O–H groups in total. The lowest BCUT2D eigenvalue weighted by Gasteiger charge is -2.35. The minimum Gasteiger partial charge on any atom is -0.447 e. The molecule has 0 radical (unpaired) electrons. The second-order valence-electron chi connectivity index (χ2n) is 7.18. The second-order valence-corrected chi connectivity index (χ2v) is 7.18. The van der Waals surface area contributed by atoms with Gasteiger partial charge in [-0.25, -0.2) is 4.79 Å². The number of carbonyl (C=O) groups is 2. The number of ether oxygens (including phenoxy) is 2. The molecule has 0 aromatic heterocycles. The van der Waals surface area contributed by atoms with Crippen LogP contribution in [-0.4, -0.2) is 55.3 Å². The van der Waals surface area contributed by atoms with Crippen LogP contribution in [0.4, 0.5) is 4.79 Å². The molecule has 0 bridgehead atoms. The third kappa shape index (κ3) is 5.16. The van der Waals surface area contributed by atoms with Crippen molar-refractivity contribution in [2.24, 2.45) is 5.41 Å². The van der Waals surface area contributed by atoms with Gasteiger partial charge in [-0.05, 0) is 32.1 Å². The molecule has 6 nitrogen and oxygen atoms in total. The van der Waals surface area contributed by atoms with Gasteiger partial charge in [0.05, 0.1) is 18.8 Å². The number of methoxy groups -OCH3 is 1. The maximum atomic E-state index is 12.9. The van der Waals surface area contributed by atoms with Crippen molar-refractivity contribution in [3.8, 4) is 0 Å². The minimum absolute atomic E-state index is 0.0623. The number of nitrogens with zero attached hydrogens (tertiary/aromatic N) is 1. The fraction of sp³-hybridized carbons (Fsp3) is 0.875. The Kier molecular flexibility index (Phi) is 6.66. The third-order valence-electron chi connectivity index (χ3n) is 3.74. The van der Waals surface area contributed by atoms with Crippen LogP contribution in [0.25, 0.3) is 0 Å². The van der Waals surface area contributed by atoms with Crippen LogP contribution in [0.15, 0.2) is 0 Å². The van der Waals surface area contributed by atoms with E-state index in [-0.39, 0.29) is 18.1 Å². The summed E-state index contributed by atoms with van der Waals surface area (Å²) in [5, 5.41) is 2.73. The SMILES string of the molecule is COC[C@@H]1CCCN1C(=O)C(NC(=O)OC(C)C)C(C)(C)C. The van der Waals surface area contributed by atoms with Crippen molar-refractivity contribution >= 4 is 12.0 Å². The molecule has 6 heteroatoms. The van der Waals surface area contributed by atoms with E-state index in [0.717, 1.165) is 12.8 Å². The van der Waals surface area contributed by atoms with Crippen molar-refractivity contribution in [2.45, 2.75) is 65.6 Å². The van der Waals surface area contributed by atoms with Gasteiger partial charge in [0.1, 0.15) is 6.04 Å². The molecule has 0 aromatic rings. The van der Waals surface area contributed by atoms with Crippen molar-refractivity contribution < 1.29 is 19.1 Å². The highest BCUT2D eigenvalue weighted by atomic mass is 16.6. The number of amides is 2. The van der Waals surface area contributed by atoms with Crippen LogP contribution in [0.5, 0.6) is 0 Å². The highest BCUT2D eigenvalue weighted by Crippen LogP contribution is 2.25. The molecular weight excluding hydrogens is 284 g/mol. The van der Waals surface area contributed by atoms with Gasteiger partial charge < -0.3 is 19.7 Å². The Morgan fingerprint density at radius 3 is 2.45 bits per heavy atom. The standard InChI is InChI=1S/C16H30N2O4/c1-11(2)22-15(20)17-13(16(3,4)5)14(19)18-9-7-8-12(18)10-21-6/h11-13H,7-10H2,1-6H3,(H,17,20)/t12-,13?/m0/s1. The Bertz CT molecular complexity index is 390. The number of rotatable bonds is 5. The third-order valence-corrected chi connectivity index (χ3v) is 3.74. The molecule has 0 spiro atoms. The van der Waals surface area contributed by atoms with E-state index < -0.39 is 17.6 Å². The van der Waals surface area contributed by atoms with Gasteiger partial charge in [-0.2, -0.15) is 0 Å². The lowest BCUT2D eigenvalue weighted by molar-refractivity contribution is -0.137. The van der Waals surface area contributed by atoms with Gasteiger partial charge in [-0.15, -0.1) is 0 Å². The smallest absolute Gasteiger partial charge is 0.408 e. The van der Waals surface area contributed by atoms with Crippen molar-refractivity contribution in [3.63, 3.8) is 0 Å². The van der Waals surface area contributed by atoms with Crippen molar-refractivity contribution in [2.75, 3.05) is 20.3 Å². The summed E-state index contributed by atoms with van der Waals surface area (Å²) in [6.07, 6.45) is 1.13. The van der Waals surface area contributed by atoms with Crippen molar-refractivity contribution in [3.05, 3.63) is 0 Å². The topological polar surface area (TPSA) is 67.9 Å². The molecule has 0 aliphatic carbocycles. The number of nitrogens with one attached hydrogen (secondary N) is 1. The molecule has 1 fully saturated rings. The number of likely N-dealkylation sites (tertiary alicyclic amines) is 1. The molecule has 1 unspecified atom stereocenters. The first-order chi connectivity index (χ1) is 10.2. The Morgan fingerprint density at radius 2 is 1.95 bits per heavy atom. The van der Waals surface area contributed by atoms with Crippen LogP contribution in [0.2, 0.25) is 0 Å². The number of hydrogen-bond acceptors (Lipinski definition) is 4. The van der Waals surface area contributed by atoms with Gasteiger partial charge in [0.15, 0.2) is 0 Å². The summed E-state index contributed by atoms with van der Waals surface area (Å²) in [6.45, 7) is 10.6. The molecule has 1 aliphatic heterocycles. The van der Waals surface area contributed by atoms with E-state index in [9.17, 15) is 9.59 Å². The van der Waals surface area contributed by atoms with Crippen LogP contribution in [0, 0.1) is 5.41 Å². The van der Waals surface area contributed by atoms with Crippen LogP contribution in [-0.2, 0) is 14.3 Å². The maximum absolute atomic E-state index is 12.9. The van der Waals surface area contributed by atoms with Crippen LogP contribution in [0.3, 0.4) is 0 Å². The first kappa shape index (κ1) is 18.7. The van der Waals surface area contributed by atoms with E-state index in [4.69, 9.17) is 9.47 Å². The second kappa shape index (κ2) is 7.81. The van der Waals surface area contributed by atoms with E-state index >= 15 is 0 Å². The predicted octanol–water partition coefficient (Wildman–Crippen LogP) is 2.17.